The van der Waals surface area contributed by atoms with Crippen LogP contribution in [0.1, 0.15) is 46.5 Å². The van der Waals surface area contributed by atoms with Crippen LogP contribution in [0.25, 0.3) is 0 Å². The van der Waals surface area contributed by atoms with Crippen LogP contribution in [0.4, 0.5) is 22.0 Å². The van der Waals surface area contributed by atoms with Crippen molar-refractivity contribution < 1.29 is 26.7 Å². The molecule has 3 aromatic rings. The number of rotatable bonds is 8. The molecule has 0 spiro atoms. The smallest absolute Gasteiger partial charge is 0.358 e. The topological polar surface area (TPSA) is 54.0 Å². The van der Waals surface area contributed by atoms with Gasteiger partial charge in [-0.2, -0.15) is 13.2 Å². The van der Waals surface area contributed by atoms with E-state index in [-0.39, 0.29) is 12.8 Å². The van der Waals surface area contributed by atoms with Crippen LogP contribution < -0.4 is 10.6 Å². The lowest BCUT2D eigenvalue weighted by atomic mass is 9.95. The van der Waals surface area contributed by atoms with Crippen LogP contribution in [0.5, 0.6) is 0 Å². The van der Waals surface area contributed by atoms with E-state index in [1.165, 1.54) is 43.4 Å². The summed E-state index contributed by atoms with van der Waals surface area (Å²) in [6, 6.07) is 10.6. The van der Waals surface area contributed by atoms with E-state index < -0.39 is 41.5 Å². The Labute approximate surface area is 194 Å². The van der Waals surface area contributed by atoms with Gasteiger partial charge in [-0.15, -0.1) is 0 Å². The minimum atomic E-state index is -4.54. The minimum absolute atomic E-state index is 0.266. The van der Waals surface area contributed by atoms with E-state index in [2.05, 4.69) is 15.6 Å². The van der Waals surface area contributed by atoms with Gasteiger partial charge in [0.15, 0.2) is 0 Å². The monoisotopic (exact) mass is 477 g/mol. The number of hydrogen-bond donors (Lipinski definition) is 2. The average molecular weight is 477 g/mol. The number of aryl methyl sites for hydroxylation is 2. The number of amides is 1. The Balaban J connectivity index is 1.90. The highest BCUT2D eigenvalue weighted by Crippen LogP contribution is 2.29. The molecule has 1 heterocycles. The van der Waals surface area contributed by atoms with Crippen LogP contribution in [-0.2, 0) is 17.4 Å². The number of carbonyl (C=O) groups excluding carboxylic acids is 1. The number of nitrogens with zero attached hydrogens (tertiary/aromatic N) is 1. The third kappa shape index (κ3) is 6.38. The first-order valence-electron chi connectivity index (χ1n) is 10.6. The second-order valence-electron chi connectivity index (χ2n) is 7.93. The second-order valence-corrected chi connectivity index (χ2v) is 7.93. The van der Waals surface area contributed by atoms with Crippen molar-refractivity contribution in [2.75, 3.05) is 7.05 Å². The van der Waals surface area contributed by atoms with Gasteiger partial charge in [-0.05, 0) is 55.2 Å². The average Bonchev–Trinajstić information content (AvgIpc) is 2.81. The predicted molar refractivity (Wildman–Crippen MR) is 118 cm³/mol. The fourth-order valence-electron chi connectivity index (χ4n) is 3.63. The van der Waals surface area contributed by atoms with Gasteiger partial charge in [0.05, 0.1) is 0 Å². The first kappa shape index (κ1) is 25.3. The summed E-state index contributed by atoms with van der Waals surface area (Å²) >= 11 is 0. The zero-order valence-electron chi connectivity index (χ0n) is 18.6. The molecule has 0 aliphatic rings. The molecule has 0 fully saturated rings. The summed E-state index contributed by atoms with van der Waals surface area (Å²) in [6.45, 7) is 1.80. The third-order valence-corrected chi connectivity index (χ3v) is 5.44. The zero-order valence-corrected chi connectivity index (χ0v) is 18.6. The van der Waals surface area contributed by atoms with E-state index in [4.69, 9.17) is 0 Å². The van der Waals surface area contributed by atoms with Crippen molar-refractivity contribution in [2.45, 2.75) is 38.0 Å². The molecular formula is C25H24F5N3O. The maximum absolute atomic E-state index is 14.8. The molecular weight excluding hydrogens is 453 g/mol. The van der Waals surface area contributed by atoms with Crippen molar-refractivity contribution >= 4 is 5.91 Å². The largest absolute Gasteiger partial charge is 0.433 e. The number of pyridine rings is 1. The van der Waals surface area contributed by atoms with Gasteiger partial charge in [0, 0.05) is 24.8 Å². The number of carbonyl (C=O) groups is 1. The zero-order chi connectivity index (χ0) is 24.9. The van der Waals surface area contributed by atoms with E-state index in [0.29, 0.717) is 16.7 Å². The van der Waals surface area contributed by atoms with Gasteiger partial charge >= 0.3 is 6.18 Å². The van der Waals surface area contributed by atoms with Crippen LogP contribution in [0.15, 0.2) is 60.8 Å². The van der Waals surface area contributed by atoms with Gasteiger partial charge in [-0.25, -0.2) is 8.78 Å². The Morgan fingerprint density at radius 2 is 1.74 bits per heavy atom. The molecule has 34 heavy (non-hydrogen) atoms. The summed E-state index contributed by atoms with van der Waals surface area (Å²) in [4.78, 5) is 16.1. The number of benzene rings is 2. The molecule has 1 amide bonds. The van der Waals surface area contributed by atoms with E-state index in [1.807, 2.05) is 0 Å². The molecule has 1 unspecified atom stereocenters. The first-order valence-corrected chi connectivity index (χ1v) is 10.6. The maximum atomic E-state index is 14.8. The number of hydrogen-bond acceptors (Lipinski definition) is 3. The molecule has 2 aromatic carbocycles. The SMILES string of the molecule is CNC(=O)C(N[C@@H](CCc1ccc(C(F)(F)F)nc1)c1cc(C)ccc1F)c1ccc(F)cc1. The standard InChI is InChI=1S/C25H24F5N3O/c1-15-3-10-20(27)19(13-15)21(11-4-16-5-12-22(32-14-16)25(28,29)30)33-23(24(34)31-2)17-6-8-18(26)9-7-17/h3,5-10,12-14,21,23,33H,4,11H2,1-2H3,(H,31,34)/t21-,23?/m0/s1. The van der Waals surface area contributed by atoms with E-state index >= 15 is 0 Å². The Kier molecular flexibility index (Phi) is 7.98. The third-order valence-electron chi connectivity index (χ3n) is 5.44. The summed E-state index contributed by atoms with van der Waals surface area (Å²) in [5.74, 6) is -1.35. The second kappa shape index (κ2) is 10.7. The van der Waals surface area contributed by atoms with Crippen molar-refractivity contribution in [3.63, 3.8) is 0 Å². The maximum Gasteiger partial charge on any atom is 0.433 e. The summed E-state index contributed by atoms with van der Waals surface area (Å²) in [7, 11) is 1.46. The minimum Gasteiger partial charge on any atom is -0.358 e. The highest BCUT2D eigenvalue weighted by molar-refractivity contribution is 5.83. The van der Waals surface area contributed by atoms with Gasteiger partial charge in [-0.1, -0.05) is 35.9 Å². The van der Waals surface area contributed by atoms with Gasteiger partial charge in [0.1, 0.15) is 23.4 Å². The van der Waals surface area contributed by atoms with Crippen molar-refractivity contribution in [3.8, 4) is 0 Å². The summed E-state index contributed by atoms with van der Waals surface area (Å²) in [6.07, 6.45) is -2.85. The van der Waals surface area contributed by atoms with E-state index in [0.717, 1.165) is 17.8 Å². The molecule has 0 saturated heterocycles. The molecule has 2 atom stereocenters. The molecule has 2 N–H and O–H groups in total. The van der Waals surface area contributed by atoms with Crippen LogP contribution in [0.2, 0.25) is 0 Å². The molecule has 0 aliphatic carbocycles. The van der Waals surface area contributed by atoms with E-state index in [1.54, 1.807) is 19.1 Å². The van der Waals surface area contributed by atoms with Crippen molar-refractivity contribution in [2.24, 2.45) is 0 Å². The molecule has 3 rings (SSSR count). The van der Waals surface area contributed by atoms with E-state index in [9.17, 15) is 26.7 Å². The lowest BCUT2D eigenvalue weighted by molar-refractivity contribution is -0.141. The Morgan fingerprint density at radius 1 is 1.03 bits per heavy atom. The normalized spacial score (nSPS) is 13.4. The fourth-order valence-corrected chi connectivity index (χ4v) is 3.63. The van der Waals surface area contributed by atoms with Crippen molar-refractivity contribution in [3.05, 3.63) is 100 Å². The Bertz CT molecular complexity index is 1110. The number of halogens is 5. The molecule has 0 bridgehead atoms. The number of nitrogens with one attached hydrogen (secondary N) is 2. The number of likely N-dealkylation sites (N-methyl/N-ethyl adjacent to an activating group) is 1. The molecule has 4 nitrogen and oxygen atoms in total. The highest BCUT2D eigenvalue weighted by atomic mass is 19.4. The lowest BCUT2D eigenvalue weighted by Gasteiger charge is -2.26. The molecule has 0 aliphatic heterocycles. The predicted octanol–water partition coefficient (Wildman–Crippen LogP) is 5.44. The quantitative estimate of drug-likeness (QED) is 0.425. The van der Waals surface area contributed by atoms with Crippen molar-refractivity contribution in [1.82, 2.24) is 15.6 Å². The summed E-state index contributed by atoms with van der Waals surface area (Å²) in [5.41, 5.74) is 1.14. The molecule has 180 valence electrons. The Morgan fingerprint density at radius 3 is 2.32 bits per heavy atom. The van der Waals surface area contributed by atoms with Gasteiger partial charge < -0.3 is 5.32 Å². The fraction of sp³-hybridized carbons (Fsp3) is 0.280. The van der Waals surface area contributed by atoms with Crippen LogP contribution >= 0.6 is 0 Å². The highest BCUT2D eigenvalue weighted by Gasteiger charge is 2.32. The molecule has 0 radical (unpaired) electrons. The summed E-state index contributed by atoms with van der Waals surface area (Å²) < 4.78 is 66.6. The molecule has 0 saturated carbocycles. The van der Waals surface area contributed by atoms with Crippen LogP contribution in [-0.4, -0.2) is 17.9 Å². The number of alkyl halides is 3. The summed E-state index contributed by atoms with van der Waals surface area (Å²) in [5, 5.41) is 5.71. The van der Waals surface area contributed by atoms with Crippen molar-refractivity contribution in [1.29, 1.82) is 0 Å². The Hall–Kier alpha value is -3.33. The van der Waals surface area contributed by atoms with Gasteiger partial charge in [0.25, 0.3) is 0 Å². The number of aromatic nitrogens is 1. The first-order chi connectivity index (χ1) is 16.1. The van der Waals surface area contributed by atoms with Crippen LogP contribution in [0.3, 0.4) is 0 Å². The van der Waals surface area contributed by atoms with Gasteiger partial charge in [0.2, 0.25) is 5.91 Å². The molecule has 9 heteroatoms. The van der Waals surface area contributed by atoms with Gasteiger partial charge in [-0.3, -0.25) is 15.1 Å². The lowest BCUT2D eigenvalue weighted by Crippen LogP contribution is -2.38. The van der Waals surface area contributed by atoms with Crippen LogP contribution in [0, 0.1) is 18.6 Å². The molecule has 1 aromatic heterocycles.